The number of hydrogen-bond acceptors (Lipinski definition) is 2. The monoisotopic (exact) mass is 156 g/mol. The number of rotatable bonds is 1. The lowest BCUT2D eigenvalue weighted by atomic mass is 9.89. The first-order valence-corrected chi connectivity index (χ1v) is 4.51. The summed E-state index contributed by atoms with van der Waals surface area (Å²) in [6, 6.07) is 0. The van der Waals surface area contributed by atoms with E-state index in [0.717, 1.165) is 6.42 Å². The normalized spacial score (nSPS) is 51.5. The first-order chi connectivity index (χ1) is 5.13. The fourth-order valence-electron chi connectivity index (χ4n) is 2.22. The smallest absolute Gasteiger partial charge is 0.0958 e. The molecule has 2 nitrogen and oxygen atoms in total. The standard InChI is InChI=1S/C9H16O2/c1-6-5-9(10,7(2)11-6)8-3-4-8/h6-8,10H,3-5H2,1-2H3. The summed E-state index contributed by atoms with van der Waals surface area (Å²) in [4.78, 5) is 0. The van der Waals surface area contributed by atoms with Crippen LogP contribution in [-0.2, 0) is 4.74 Å². The molecule has 2 heteroatoms. The molecule has 0 amide bonds. The summed E-state index contributed by atoms with van der Waals surface area (Å²) < 4.78 is 5.53. The van der Waals surface area contributed by atoms with Crippen molar-refractivity contribution >= 4 is 0 Å². The molecule has 64 valence electrons. The Morgan fingerprint density at radius 3 is 2.36 bits per heavy atom. The van der Waals surface area contributed by atoms with Crippen molar-refractivity contribution in [1.82, 2.24) is 0 Å². The van der Waals surface area contributed by atoms with E-state index in [1.165, 1.54) is 12.8 Å². The Labute approximate surface area is 67.6 Å². The Morgan fingerprint density at radius 1 is 1.36 bits per heavy atom. The van der Waals surface area contributed by atoms with Gasteiger partial charge in [0, 0.05) is 6.42 Å². The second-order valence-corrected chi connectivity index (χ2v) is 4.06. The summed E-state index contributed by atoms with van der Waals surface area (Å²) in [6.07, 6.45) is 3.51. The highest BCUT2D eigenvalue weighted by atomic mass is 16.5. The van der Waals surface area contributed by atoms with Gasteiger partial charge in [-0.1, -0.05) is 0 Å². The quantitative estimate of drug-likeness (QED) is 0.620. The van der Waals surface area contributed by atoms with Gasteiger partial charge in [-0.25, -0.2) is 0 Å². The third-order valence-electron chi connectivity index (χ3n) is 3.04. The van der Waals surface area contributed by atoms with Gasteiger partial charge >= 0.3 is 0 Å². The van der Waals surface area contributed by atoms with E-state index < -0.39 is 5.60 Å². The lowest BCUT2D eigenvalue weighted by molar-refractivity contribution is -0.0492. The van der Waals surface area contributed by atoms with E-state index in [-0.39, 0.29) is 12.2 Å². The fourth-order valence-corrected chi connectivity index (χ4v) is 2.22. The van der Waals surface area contributed by atoms with Gasteiger partial charge in [-0.05, 0) is 32.6 Å². The molecule has 1 N–H and O–H groups in total. The van der Waals surface area contributed by atoms with Gasteiger partial charge in [-0.3, -0.25) is 0 Å². The van der Waals surface area contributed by atoms with Crippen molar-refractivity contribution in [1.29, 1.82) is 0 Å². The molecule has 2 rings (SSSR count). The highest BCUT2D eigenvalue weighted by molar-refractivity contribution is 5.03. The van der Waals surface area contributed by atoms with Crippen LogP contribution >= 0.6 is 0 Å². The molecular formula is C9H16O2. The highest BCUT2D eigenvalue weighted by Gasteiger charge is 2.52. The molecule has 0 aromatic heterocycles. The van der Waals surface area contributed by atoms with E-state index in [1.807, 2.05) is 13.8 Å². The molecule has 2 fully saturated rings. The molecule has 0 aromatic carbocycles. The molecule has 0 spiro atoms. The minimum absolute atomic E-state index is 0.0463. The summed E-state index contributed by atoms with van der Waals surface area (Å²) >= 11 is 0. The average molecular weight is 156 g/mol. The zero-order chi connectivity index (χ0) is 8.06. The van der Waals surface area contributed by atoms with Crippen molar-refractivity contribution < 1.29 is 9.84 Å². The molecule has 0 aromatic rings. The Morgan fingerprint density at radius 2 is 2.00 bits per heavy atom. The van der Waals surface area contributed by atoms with Gasteiger partial charge in [0.25, 0.3) is 0 Å². The minimum atomic E-state index is -0.487. The number of hydrogen-bond donors (Lipinski definition) is 1. The average Bonchev–Trinajstić information content (AvgIpc) is 2.63. The van der Waals surface area contributed by atoms with Crippen LogP contribution in [0.3, 0.4) is 0 Å². The van der Waals surface area contributed by atoms with Crippen molar-refractivity contribution in [3.63, 3.8) is 0 Å². The predicted molar refractivity (Wildman–Crippen MR) is 42.3 cm³/mol. The Hall–Kier alpha value is -0.0800. The Bertz CT molecular complexity index is 165. The third kappa shape index (κ3) is 1.09. The summed E-state index contributed by atoms with van der Waals surface area (Å²) in [6.45, 7) is 4.03. The van der Waals surface area contributed by atoms with Crippen molar-refractivity contribution in [2.45, 2.75) is 50.9 Å². The minimum Gasteiger partial charge on any atom is -0.387 e. The van der Waals surface area contributed by atoms with E-state index in [4.69, 9.17) is 4.74 Å². The van der Waals surface area contributed by atoms with E-state index in [1.54, 1.807) is 0 Å². The van der Waals surface area contributed by atoms with Crippen LogP contribution in [0.4, 0.5) is 0 Å². The van der Waals surface area contributed by atoms with Crippen LogP contribution in [0, 0.1) is 5.92 Å². The first-order valence-electron chi connectivity index (χ1n) is 4.51. The molecule has 1 heterocycles. The van der Waals surface area contributed by atoms with Crippen molar-refractivity contribution in [3.05, 3.63) is 0 Å². The van der Waals surface area contributed by atoms with Crippen molar-refractivity contribution in [2.75, 3.05) is 0 Å². The van der Waals surface area contributed by atoms with Gasteiger partial charge in [-0.2, -0.15) is 0 Å². The second-order valence-electron chi connectivity index (χ2n) is 4.06. The van der Waals surface area contributed by atoms with E-state index in [2.05, 4.69) is 0 Å². The fraction of sp³-hybridized carbons (Fsp3) is 1.00. The van der Waals surface area contributed by atoms with Gasteiger partial charge in [0.2, 0.25) is 0 Å². The van der Waals surface area contributed by atoms with Crippen molar-refractivity contribution in [2.24, 2.45) is 5.92 Å². The molecule has 1 saturated heterocycles. The number of ether oxygens (including phenoxy) is 1. The first kappa shape index (κ1) is 7.56. The molecule has 1 saturated carbocycles. The molecule has 2 aliphatic rings. The summed E-state index contributed by atoms with van der Waals surface area (Å²) in [5.41, 5.74) is -0.487. The number of aliphatic hydroxyl groups is 1. The maximum Gasteiger partial charge on any atom is 0.0958 e. The SMILES string of the molecule is CC1CC(O)(C2CC2)C(C)O1. The highest BCUT2D eigenvalue weighted by Crippen LogP contribution is 2.48. The molecule has 3 atom stereocenters. The third-order valence-corrected chi connectivity index (χ3v) is 3.04. The molecule has 0 bridgehead atoms. The zero-order valence-electron chi connectivity index (χ0n) is 7.21. The second kappa shape index (κ2) is 2.20. The molecule has 1 aliphatic heterocycles. The summed E-state index contributed by atoms with van der Waals surface area (Å²) in [5.74, 6) is 0.530. The van der Waals surface area contributed by atoms with Crippen LogP contribution in [-0.4, -0.2) is 22.9 Å². The Balaban J connectivity index is 2.11. The molecule has 0 radical (unpaired) electrons. The van der Waals surface area contributed by atoms with Crippen molar-refractivity contribution in [3.8, 4) is 0 Å². The summed E-state index contributed by atoms with van der Waals surface area (Å²) in [5, 5.41) is 10.1. The summed E-state index contributed by atoms with van der Waals surface area (Å²) in [7, 11) is 0. The topological polar surface area (TPSA) is 29.5 Å². The van der Waals surface area contributed by atoms with Gasteiger partial charge in [-0.15, -0.1) is 0 Å². The van der Waals surface area contributed by atoms with Gasteiger partial charge in [0.15, 0.2) is 0 Å². The molecule has 1 aliphatic carbocycles. The maximum absolute atomic E-state index is 10.1. The maximum atomic E-state index is 10.1. The zero-order valence-corrected chi connectivity index (χ0v) is 7.21. The van der Waals surface area contributed by atoms with E-state index in [0.29, 0.717) is 5.92 Å². The largest absolute Gasteiger partial charge is 0.387 e. The van der Waals surface area contributed by atoms with Crippen LogP contribution in [0.1, 0.15) is 33.1 Å². The van der Waals surface area contributed by atoms with Crippen LogP contribution < -0.4 is 0 Å². The Kier molecular flexibility index (Phi) is 1.52. The van der Waals surface area contributed by atoms with Crippen LogP contribution in [0.2, 0.25) is 0 Å². The van der Waals surface area contributed by atoms with Gasteiger partial charge in [0.1, 0.15) is 0 Å². The van der Waals surface area contributed by atoms with Crippen LogP contribution in [0.5, 0.6) is 0 Å². The van der Waals surface area contributed by atoms with Crippen LogP contribution in [0.25, 0.3) is 0 Å². The van der Waals surface area contributed by atoms with Crippen LogP contribution in [0.15, 0.2) is 0 Å². The lowest BCUT2D eigenvalue weighted by Gasteiger charge is -2.25. The molecule has 11 heavy (non-hydrogen) atoms. The molecule has 3 unspecified atom stereocenters. The van der Waals surface area contributed by atoms with Gasteiger partial charge in [0.05, 0.1) is 17.8 Å². The lowest BCUT2D eigenvalue weighted by Crippen LogP contribution is -2.38. The van der Waals surface area contributed by atoms with E-state index in [9.17, 15) is 5.11 Å². The predicted octanol–water partition coefficient (Wildman–Crippen LogP) is 1.32. The molecular weight excluding hydrogens is 140 g/mol. The van der Waals surface area contributed by atoms with E-state index >= 15 is 0 Å². The van der Waals surface area contributed by atoms with Gasteiger partial charge < -0.3 is 9.84 Å².